The molecule has 2 aromatic carbocycles. The molecule has 2 rings (SSSR count). The van der Waals surface area contributed by atoms with Gasteiger partial charge in [0.15, 0.2) is 29.1 Å². The zero-order chi connectivity index (χ0) is 21.2. The van der Waals surface area contributed by atoms with Crippen molar-refractivity contribution in [2.45, 2.75) is 19.1 Å². The van der Waals surface area contributed by atoms with E-state index >= 15 is 0 Å². The van der Waals surface area contributed by atoms with Gasteiger partial charge >= 0.3 is 0 Å². The third-order valence-electron chi connectivity index (χ3n) is 4.24. The van der Waals surface area contributed by atoms with Crippen LogP contribution < -0.4 is 14.2 Å². The normalized spacial score (nSPS) is 13.1. The van der Waals surface area contributed by atoms with Gasteiger partial charge in [-0.05, 0) is 48.4 Å². The molecule has 7 nitrogen and oxygen atoms in total. The van der Waals surface area contributed by atoms with E-state index in [1.165, 1.54) is 26.4 Å². The number of aliphatic hydroxyl groups is 1. The van der Waals surface area contributed by atoms with Crippen molar-refractivity contribution in [3.63, 3.8) is 0 Å². The van der Waals surface area contributed by atoms with Crippen LogP contribution in [0, 0.1) is 0 Å². The number of rotatable bonds is 11. The first-order chi connectivity index (χ1) is 14.1. The molecule has 0 spiro atoms. The number of benzene rings is 2. The summed E-state index contributed by atoms with van der Waals surface area (Å²) in [6.45, 7) is 1.93. The van der Waals surface area contributed by atoms with E-state index in [0.717, 1.165) is 5.56 Å². The highest BCUT2D eigenvalue weighted by molar-refractivity contribution is 5.74. The average Bonchev–Trinajstić information content (AvgIpc) is 2.75. The summed E-state index contributed by atoms with van der Waals surface area (Å²) in [7, 11) is 2.97. The van der Waals surface area contributed by atoms with Gasteiger partial charge in [0.25, 0.3) is 0 Å². The predicted octanol–water partition coefficient (Wildman–Crippen LogP) is 3.14. The number of aliphatic hydroxyl groups excluding tert-OH is 1. The Kier molecular flexibility index (Phi) is 8.51. The third-order valence-corrected chi connectivity index (χ3v) is 4.24. The average molecular weight is 402 g/mol. The Hall–Kier alpha value is -3.03. The second-order valence-electron chi connectivity index (χ2n) is 6.05. The van der Waals surface area contributed by atoms with Crippen molar-refractivity contribution in [1.82, 2.24) is 0 Å². The molecule has 7 heteroatoms. The summed E-state index contributed by atoms with van der Waals surface area (Å²) in [4.78, 5) is 10.5. The Morgan fingerprint density at radius 3 is 2.41 bits per heavy atom. The van der Waals surface area contributed by atoms with Gasteiger partial charge in [-0.1, -0.05) is 18.2 Å². The lowest BCUT2D eigenvalue weighted by atomic mass is 10.0. The topological polar surface area (TPSA) is 94.5 Å². The van der Waals surface area contributed by atoms with Gasteiger partial charge in [0.05, 0.1) is 20.8 Å². The first kappa shape index (κ1) is 22.3. The van der Waals surface area contributed by atoms with Crippen LogP contribution in [0.25, 0.3) is 6.08 Å². The van der Waals surface area contributed by atoms with Crippen molar-refractivity contribution in [1.29, 1.82) is 0 Å². The van der Waals surface area contributed by atoms with Gasteiger partial charge in [-0.25, -0.2) is 0 Å². The Morgan fingerprint density at radius 1 is 1.03 bits per heavy atom. The first-order valence-corrected chi connectivity index (χ1v) is 9.13. The molecule has 2 N–H and O–H groups in total. The van der Waals surface area contributed by atoms with Crippen LogP contribution in [0.5, 0.6) is 23.0 Å². The molecule has 0 fully saturated rings. The zero-order valence-electron chi connectivity index (χ0n) is 16.7. The van der Waals surface area contributed by atoms with Crippen molar-refractivity contribution in [3.8, 4) is 23.0 Å². The van der Waals surface area contributed by atoms with E-state index in [0.29, 0.717) is 30.0 Å². The highest BCUT2D eigenvalue weighted by Crippen LogP contribution is 2.37. The highest BCUT2D eigenvalue weighted by Gasteiger charge is 2.27. The molecular formula is C22H26O7. The Labute approximate surface area is 170 Å². The molecule has 0 amide bonds. The summed E-state index contributed by atoms with van der Waals surface area (Å²) in [5.41, 5.74) is 1.42. The van der Waals surface area contributed by atoms with Crippen LogP contribution in [0.15, 0.2) is 42.5 Å². The fraction of sp³-hybridized carbons (Fsp3) is 0.318. The van der Waals surface area contributed by atoms with Gasteiger partial charge in [0.2, 0.25) is 0 Å². The smallest absolute Gasteiger partial charge is 0.162 e. The van der Waals surface area contributed by atoms with Crippen molar-refractivity contribution in [2.24, 2.45) is 0 Å². The number of hydrogen-bond acceptors (Lipinski definition) is 7. The van der Waals surface area contributed by atoms with Crippen molar-refractivity contribution in [2.75, 3.05) is 27.4 Å². The van der Waals surface area contributed by atoms with Crippen LogP contribution in [0.2, 0.25) is 0 Å². The maximum Gasteiger partial charge on any atom is 0.162 e. The molecule has 0 saturated heterocycles. The number of carbonyl (C=O) groups is 1. The molecule has 2 unspecified atom stereocenters. The molecular weight excluding hydrogens is 376 g/mol. The minimum atomic E-state index is -0.695. The van der Waals surface area contributed by atoms with Gasteiger partial charge < -0.3 is 29.2 Å². The van der Waals surface area contributed by atoms with E-state index in [4.69, 9.17) is 18.9 Å². The number of methoxy groups -OCH3 is 2. The molecule has 0 saturated carbocycles. The molecule has 0 aromatic heterocycles. The lowest BCUT2D eigenvalue weighted by Crippen LogP contribution is -2.30. The molecule has 0 bridgehead atoms. The van der Waals surface area contributed by atoms with Crippen LogP contribution in [-0.4, -0.2) is 50.0 Å². The Bertz CT molecular complexity index is 832. The van der Waals surface area contributed by atoms with E-state index in [1.54, 1.807) is 36.4 Å². The van der Waals surface area contributed by atoms with Gasteiger partial charge in [-0.3, -0.25) is 4.79 Å². The molecule has 0 aliphatic carbocycles. The summed E-state index contributed by atoms with van der Waals surface area (Å²) in [5, 5.41) is 19.7. The maximum atomic E-state index is 10.5. The minimum Gasteiger partial charge on any atom is -0.504 e. The van der Waals surface area contributed by atoms with Crippen molar-refractivity contribution >= 4 is 12.4 Å². The Balaban J connectivity index is 2.44. The molecule has 0 aliphatic heterocycles. The zero-order valence-corrected chi connectivity index (χ0v) is 16.7. The number of allylic oxidation sites excluding steroid dienone is 1. The summed E-state index contributed by atoms with van der Waals surface area (Å²) in [6.07, 6.45) is 2.38. The van der Waals surface area contributed by atoms with E-state index in [2.05, 4.69) is 0 Å². The largest absolute Gasteiger partial charge is 0.504 e. The van der Waals surface area contributed by atoms with Crippen molar-refractivity contribution < 1.29 is 34.0 Å². The molecule has 2 aromatic rings. The standard InChI is InChI=1S/C22H26O7/c1-4-28-21(14-24)22(16-8-9-17(25)19(13-16)26-2)29-18-10-7-15(6-5-11-23)12-20(18)27-3/h5-13,21-22,24-25H,4,14H2,1-3H3. The number of carbonyl (C=O) groups excluding carboxylic acids is 1. The first-order valence-electron chi connectivity index (χ1n) is 9.13. The molecule has 0 heterocycles. The van der Waals surface area contributed by atoms with Gasteiger partial charge in [-0.2, -0.15) is 0 Å². The summed E-state index contributed by atoms with van der Waals surface area (Å²) in [6, 6.07) is 10.0. The fourth-order valence-electron chi connectivity index (χ4n) is 2.85. The fourth-order valence-corrected chi connectivity index (χ4v) is 2.85. The lowest BCUT2D eigenvalue weighted by Gasteiger charge is -2.28. The van der Waals surface area contributed by atoms with Crippen LogP contribution >= 0.6 is 0 Å². The van der Waals surface area contributed by atoms with E-state index in [-0.39, 0.29) is 18.1 Å². The van der Waals surface area contributed by atoms with Crippen LogP contribution in [-0.2, 0) is 9.53 Å². The van der Waals surface area contributed by atoms with Gasteiger partial charge in [-0.15, -0.1) is 0 Å². The molecule has 29 heavy (non-hydrogen) atoms. The minimum absolute atomic E-state index is 0.00384. The second kappa shape index (κ2) is 11.1. The number of aromatic hydroxyl groups is 1. The number of aldehydes is 1. The third kappa shape index (κ3) is 5.73. The van der Waals surface area contributed by atoms with E-state index in [1.807, 2.05) is 6.92 Å². The molecule has 0 aliphatic rings. The summed E-state index contributed by atoms with van der Waals surface area (Å²) >= 11 is 0. The van der Waals surface area contributed by atoms with E-state index < -0.39 is 12.2 Å². The SMILES string of the molecule is CCOC(CO)C(Oc1ccc(C=CC=O)cc1OC)c1ccc(O)c(OC)c1. The quantitative estimate of drug-likeness (QED) is 0.440. The van der Waals surface area contributed by atoms with Gasteiger partial charge in [0.1, 0.15) is 12.4 Å². The number of ether oxygens (including phenoxy) is 4. The number of phenolic OH excluding ortho intramolecular Hbond substituents is 1. The Morgan fingerprint density at radius 2 is 1.79 bits per heavy atom. The molecule has 156 valence electrons. The molecule has 0 radical (unpaired) electrons. The molecule has 2 atom stereocenters. The van der Waals surface area contributed by atoms with Crippen molar-refractivity contribution in [3.05, 3.63) is 53.6 Å². The maximum absolute atomic E-state index is 10.5. The lowest BCUT2D eigenvalue weighted by molar-refractivity contribution is -0.104. The van der Waals surface area contributed by atoms with E-state index in [9.17, 15) is 15.0 Å². The number of phenols is 1. The second-order valence-corrected chi connectivity index (χ2v) is 6.05. The summed E-state index contributed by atoms with van der Waals surface area (Å²) < 4.78 is 22.5. The van der Waals surface area contributed by atoms with Gasteiger partial charge in [0, 0.05) is 6.61 Å². The van der Waals surface area contributed by atoms with Crippen LogP contribution in [0.4, 0.5) is 0 Å². The predicted molar refractivity (Wildman–Crippen MR) is 109 cm³/mol. The number of hydrogen-bond donors (Lipinski definition) is 2. The van der Waals surface area contributed by atoms with Crippen LogP contribution in [0.3, 0.4) is 0 Å². The highest BCUT2D eigenvalue weighted by atomic mass is 16.6. The monoisotopic (exact) mass is 402 g/mol. The summed E-state index contributed by atoms with van der Waals surface area (Å²) in [5.74, 6) is 1.18. The van der Waals surface area contributed by atoms with Crippen LogP contribution in [0.1, 0.15) is 24.2 Å².